The minimum absolute atomic E-state index is 0.0786. The van der Waals surface area contributed by atoms with E-state index < -0.39 is 18.4 Å². The van der Waals surface area contributed by atoms with Gasteiger partial charge in [-0.05, 0) is 19.8 Å². The molecule has 240 valence electrons. The van der Waals surface area contributed by atoms with Gasteiger partial charge in [0.2, 0.25) is 0 Å². The van der Waals surface area contributed by atoms with E-state index in [1.165, 1.54) is 71.3 Å². The molecule has 0 saturated heterocycles. The summed E-state index contributed by atoms with van der Waals surface area (Å²) in [6, 6.07) is 5.47. The van der Waals surface area contributed by atoms with E-state index in [0.29, 0.717) is 25.8 Å². The Morgan fingerprint density at radius 3 is 1.90 bits per heavy atom. The van der Waals surface area contributed by atoms with Crippen LogP contribution in [-0.2, 0) is 30.4 Å². The predicted octanol–water partition coefficient (Wildman–Crippen LogP) is 8.08. The van der Waals surface area contributed by atoms with Crippen molar-refractivity contribution >= 4 is 18.2 Å². The number of amides is 1. The number of carbonyl (C=O) groups is 3. The van der Waals surface area contributed by atoms with Crippen molar-refractivity contribution in [3.8, 4) is 0 Å². The van der Waals surface area contributed by atoms with Crippen LogP contribution in [0.25, 0.3) is 0 Å². The highest BCUT2D eigenvalue weighted by Crippen LogP contribution is 2.18. The molecule has 1 rings (SSSR count). The molecule has 0 aliphatic heterocycles. The van der Waals surface area contributed by atoms with Crippen molar-refractivity contribution in [3.05, 3.63) is 30.6 Å². The SMILES string of the molecule is CCCCCCCCCCCCCCCC(CC)N(OC(=O)OC)C(=O)O[C@@H](C)COC(=O)CCC[n+]1ccccc1. The number of ether oxygens (including phenoxy) is 3. The largest absolute Gasteiger partial charge is 0.533 e. The zero-order valence-electron chi connectivity index (χ0n) is 26.7. The Kier molecular flexibility index (Phi) is 21.9. The maximum Gasteiger partial charge on any atom is 0.533 e. The highest BCUT2D eigenvalue weighted by molar-refractivity contribution is 5.70. The number of hydrogen-bond donors (Lipinski definition) is 0. The molecule has 0 N–H and O–H groups in total. The van der Waals surface area contributed by atoms with Gasteiger partial charge in [-0.3, -0.25) is 9.63 Å². The second kappa shape index (κ2) is 24.7. The summed E-state index contributed by atoms with van der Waals surface area (Å²) in [7, 11) is 1.19. The van der Waals surface area contributed by atoms with Crippen LogP contribution in [0.3, 0.4) is 0 Å². The molecular weight excluding hydrogens is 536 g/mol. The third-order valence-electron chi connectivity index (χ3n) is 7.32. The molecule has 42 heavy (non-hydrogen) atoms. The molecule has 0 aliphatic rings. The lowest BCUT2D eigenvalue weighted by Crippen LogP contribution is -2.43. The number of carbonyl (C=O) groups excluding carboxylic acids is 3. The zero-order chi connectivity index (χ0) is 30.8. The number of aromatic nitrogens is 1. The molecule has 0 bridgehead atoms. The molecule has 1 aromatic heterocycles. The van der Waals surface area contributed by atoms with Crippen molar-refractivity contribution in [1.29, 1.82) is 0 Å². The van der Waals surface area contributed by atoms with Crippen LogP contribution in [0.5, 0.6) is 0 Å². The summed E-state index contributed by atoms with van der Waals surface area (Å²) < 4.78 is 17.4. The van der Waals surface area contributed by atoms with E-state index >= 15 is 0 Å². The maximum atomic E-state index is 12.9. The Balaban J connectivity index is 2.34. The Bertz CT molecular complexity index is 837. The molecule has 9 nitrogen and oxygen atoms in total. The van der Waals surface area contributed by atoms with Gasteiger partial charge in [-0.1, -0.05) is 103 Å². The fourth-order valence-corrected chi connectivity index (χ4v) is 4.79. The quantitative estimate of drug-likeness (QED) is 0.0416. The molecule has 0 radical (unpaired) electrons. The lowest BCUT2D eigenvalue weighted by molar-refractivity contribution is -0.697. The summed E-state index contributed by atoms with van der Waals surface area (Å²) in [5.74, 6) is -0.356. The number of rotatable bonds is 23. The number of methoxy groups -OCH3 is 1. The van der Waals surface area contributed by atoms with Crippen molar-refractivity contribution in [2.24, 2.45) is 0 Å². The maximum absolute atomic E-state index is 12.9. The van der Waals surface area contributed by atoms with Crippen LogP contribution < -0.4 is 4.57 Å². The van der Waals surface area contributed by atoms with Crippen LogP contribution in [0.4, 0.5) is 9.59 Å². The smallest absolute Gasteiger partial charge is 0.462 e. The third-order valence-corrected chi connectivity index (χ3v) is 7.32. The van der Waals surface area contributed by atoms with Gasteiger partial charge in [0.05, 0.1) is 19.6 Å². The average molecular weight is 594 g/mol. The third kappa shape index (κ3) is 18.6. The molecular formula is C33H57N2O7+. The number of pyridine rings is 1. The Morgan fingerprint density at radius 1 is 0.786 bits per heavy atom. The lowest BCUT2D eigenvalue weighted by atomic mass is 10.0. The average Bonchev–Trinajstić information content (AvgIpc) is 2.99. The van der Waals surface area contributed by atoms with E-state index in [-0.39, 0.29) is 25.0 Å². The fourth-order valence-electron chi connectivity index (χ4n) is 4.79. The van der Waals surface area contributed by atoms with Gasteiger partial charge in [0.1, 0.15) is 19.3 Å². The minimum Gasteiger partial charge on any atom is -0.462 e. The molecule has 0 aliphatic carbocycles. The van der Waals surface area contributed by atoms with Gasteiger partial charge in [0.25, 0.3) is 0 Å². The number of nitrogens with zero attached hydrogens (tertiary/aromatic N) is 2. The monoisotopic (exact) mass is 593 g/mol. The van der Waals surface area contributed by atoms with E-state index in [9.17, 15) is 14.4 Å². The standard InChI is InChI=1S/C33H57N2O7/c1-5-7-8-9-10-11-12-13-14-15-16-17-19-23-30(6-2)35(42-33(38)39-4)32(37)41-29(3)28-40-31(36)24-22-27-34-25-20-18-21-26-34/h18,20-21,25-26,29-30H,5-17,19,22-24,27-28H2,1-4H3/q+1/t29-,30?/m0/s1. The summed E-state index contributed by atoms with van der Waals surface area (Å²) in [4.78, 5) is 42.1. The molecule has 0 spiro atoms. The van der Waals surface area contributed by atoms with Gasteiger partial charge < -0.3 is 14.2 Å². The molecule has 0 saturated carbocycles. The summed E-state index contributed by atoms with van der Waals surface area (Å²) in [6.45, 7) is 6.45. The van der Waals surface area contributed by atoms with Crippen molar-refractivity contribution < 1.29 is 38.0 Å². The first-order chi connectivity index (χ1) is 20.4. The molecule has 9 heteroatoms. The van der Waals surface area contributed by atoms with Crippen molar-refractivity contribution in [1.82, 2.24) is 5.06 Å². The van der Waals surface area contributed by atoms with Gasteiger partial charge in [0, 0.05) is 18.6 Å². The fraction of sp³-hybridized carbons (Fsp3) is 0.758. The Hall–Kier alpha value is -2.84. The van der Waals surface area contributed by atoms with Crippen LogP contribution >= 0.6 is 0 Å². The number of hydrogen-bond acceptors (Lipinski definition) is 7. The number of esters is 1. The molecule has 1 amide bonds. The molecule has 0 fully saturated rings. The van der Waals surface area contributed by atoms with Crippen LogP contribution in [0.15, 0.2) is 30.6 Å². The van der Waals surface area contributed by atoms with Crippen LogP contribution in [0.1, 0.15) is 130 Å². The second-order valence-electron chi connectivity index (χ2n) is 11.1. The van der Waals surface area contributed by atoms with Crippen molar-refractivity contribution in [3.63, 3.8) is 0 Å². The normalized spacial score (nSPS) is 12.3. The Labute approximate surface area is 254 Å². The first-order valence-corrected chi connectivity index (χ1v) is 16.3. The lowest BCUT2D eigenvalue weighted by Gasteiger charge is -2.28. The van der Waals surface area contributed by atoms with Gasteiger partial charge >= 0.3 is 18.2 Å². The van der Waals surface area contributed by atoms with E-state index in [4.69, 9.17) is 14.3 Å². The minimum atomic E-state index is -0.980. The molecule has 0 aromatic carbocycles. The van der Waals surface area contributed by atoms with Crippen molar-refractivity contribution in [2.75, 3.05) is 13.7 Å². The summed E-state index contributed by atoms with van der Waals surface area (Å²) >= 11 is 0. The molecule has 1 aromatic rings. The van der Waals surface area contributed by atoms with E-state index in [1.54, 1.807) is 6.92 Å². The van der Waals surface area contributed by atoms with E-state index in [2.05, 4.69) is 11.7 Å². The first-order valence-electron chi connectivity index (χ1n) is 16.3. The number of hydroxylamine groups is 2. The zero-order valence-corrected chi connectivity index (χ0v) is 26.7. The van der Waals surface area contributed by atoms with Gasteiger partial charge in [-0.2, -0.15) is 0 Å². The highest BCUT2D eigenvalue weighted by atomic mass is 16.8. The summed E-state index contributed by atoms with van der Waals surface area (Å²) in [5.41, 5.74) is 0. The first kappa shape index (κ1) is 37.2. The predicted molar refractivity (Wildman–Crippen MR) is 162 cm³/mol. The topological polar surface area (TPSA) is 95.2 Å². The summed E-state index contributed by atoms with van der Waals surface area (Å²) in [5, 5.41) is 0.974. The number of unbranched alkanes of at least 4 members (excludes halogenated alkanes) is 12. The Morgan fingerprint density at radius 2 is 1.36 bits per heavy atom. The van der Waals surface area contributed by atoms with Crippen LogP contribution in [0.2, 0.25) is 0 Å². The van der Waals surface area contributed by atoms with Crippen LogP contribution in [0, 0.1) is 0 Å². The van der Waals surface area contributed by atoms with Crippen LogP contribution in [-0.4, -0.2) is 49.1 Å². The molecule has 1 heterocycles. The number of aryl methyl sites for hydroxylation is 1. The second-order valence-corrected chi connectivity index (χ2v) is 11.1. The van der Waals surface area contributed by atoms with Crippen molar-refractivity contribution in [2.45, 2.75) is 149 Å². The highest BCUT2D eigenvalue weighted by Gasteiger charge is 2.30. The van der Waals surface area contributed by atoms with E-state index in [0.717, 1.165) is 24.3 Å². The van der Waals surface area contributed by atoms with Gasteiger partial charge in [-0.15, -0.1) is 5.06 Å². The molecule has 2 atom stereocenters. The van der Waals surface area contributed by atoms with E-state index in [1.807, 2.05) is 42.1 Å². The molecule has 1 unspecified atom stereocenters. The van der Waals surface area contributed by atoms with Gasteiger partial charge in [-0.25, -0.2) is 14.2 Å². The summed E-state index contributed by atoms with van der Waals surface area (Å²) in [6.07, 6.45) is 19.9. The van der Waals surface area contributed by atoms with Gasteiger partial charge in [0.15, 0.2) is 12.4 Å².